The molecule has 1 N–H and O–H groups in total. The molecule has 0 amide bonds. The maximum atomic E-state index is 3.54. The molecule has 0 aliphatic heterocycles. The zero-order valence-corrected chi connectivity index (χ0v) is 11.0. The van der Waals surface area contributed by atoms with E-state index in [1.165, 1.54) is 49.7 Å². The van der Waals surface area contributed by atoms with Crippen molar-refractivity contribution in [3.05, 3.63) is 29.8 Å². The van der Waals surface area contributed by atoms with Gasteiger partial charge in [0.25, 0.3) is 0 Å². The van der Waals surface area contributed by atoms with Crippen LogP contribution in [0.2, 0.25) is 0 Å². The summed E-state index contributed by atoms with van der Waals surface area (Å²) in [5, 5.41) is 3.54. The van der Waals surface area contributed by atoms with Gasteiger partial charge < -0.3 is 5.32 Å². The molecule has 1 aromatic carbocycles. The van der Waals surface area contributed by atoms with E-state index in [0.717, 1.165) is 18.9 Å². The Balaban J connectivity index is 1.46. The summed E-state index contributed by atoms with van der Waals surface area (Å²) in [6.45, 7) is 2.31. The molecule has 0 heterocycles. The van der Waals surface area contributed by atoms with Gasteiger partial charge in [-0.15, -0.1) is 0 Å². The Morgan fingerprint density at radius 1 is 1.06 bits per heavy atom. The van der Waals surface area contributed by atoms with Crippen LogP contribution in [0.25, 0.3) is 0 Å². The largest absolute Gasteiger partial charge is 0.316 e. The van der Waals surface area contributed by atoms with Gasteiger partial charge in [0.1, 0.15) is 7.85 Å². The summed E-state index contributed by atoms with van der Waals surface area (Å²) in [6.07, 6.45) is 8.40. The van der Waals surface area contributed by atoms with Crippen LogP contribution in [-0.4, -0.2) is 20.9 Å². The van der Waals surface area contributed by atoms with Gasteiger partial charge in [-0.3, -0.25) is 0 Å². The molecule has 0 saturated heterocycles. The highest BCUT2D eigenvalue weighted by atomic mass is 14.8. The predicted molar refractivity (Wildman–Crippen MR) is 77.8 cm³/mol. The lowest BCUT2D eigenvalue weighted by Gasteiger charge is -2.05. The molecule has 2 rings (SSSR count). The van der Waals surface area contributed by atoms with Crippen molar-refractivity contribution in [1.29, 1.82) is 0 Å². The quantitative estimate of drug-likeness (QED) is 0.528. The lowest BCUT2D eigenvalue weighted by Crippen LogP contribution is -2.18. The van der Waals surface area contributed by atoms with Crippen LogP contribution in [0.15, 0.2) is 24.3 Å². The third-order valence-electron chi connectivity index (χ3n) is 3.62. The molecule has 0 bridgehead atoms. The Morgan fingerprint density at radius 3 is 2.53 bits per heavy atom. The molecule has 0 spiro atoms. The van der Waals surface area contributed by atoms with E-state index in [4.69, 9.17) is 0 Å². The molecule has 1 nitrogen and oxygen atoms in total. The average Bonchev–Trinajstić information content (AvgIpc) is 3.14. The normalized spacial score (nSPS) is 15.1. The zero-order valence-electron chi connectivity index (χ0n) is 11.0. The standard InChI is InChI=1S/C15H24BN/c16-15-8-6-14(7-9-15)10-12-17-11-2-1-3-13-4-5-13/h6-9,13,17H,1-5,10-12,16H2. The highest BCUT2D eigenvalue weighted by Gasteiger charge is 2.19. The van der Waals surface area contributed by atoms with Gasteiger partial charge in [0.15, 0.2) is 0 Å². The zero-order chi connectivity index (χ0) is 11.9. The van der Waals surface area contributed by atoms with Crippen molar-refractivity contribution < 1.29 is 0 Å². The van der Waals surface area contributed by atoms with E-state index < -0.39 is 0 Å². The van der Waals surface area contributed by atoms with Crippen LogP contribution in [0, 0.1) is 5.92 Å². The first-order chi connectivity index (χ1) is 8.34. The minimum absolute atomic E-state index is 1.10. The third kappa shape index (κ3) is 5.40. The number of hydrogen-bond acceptors (Lipinski definition) is 1. The molecular formula is C15H24BN. The summed E-state index contributed by atoms with van der Waals surface area (Å²) in [5.74, 6) is 1.10. The SMILES string of the molecule is Bc1ccc(CCNCCCCC2CC2)cc1. The first kappa shape index (κ1) is 12.7. The van der Waals surface area contributed by atoms with E-state index in [0.29, 0.717) is 0 Å². The number of nitrogens with one attached hydrogen (secondary N) is 1. The third-order valence-corrected chi connectivity index (χ3v) is 3.62. The molecule has 1 fully saturated rings. The predicted octanol–water partition coefficient (Wildman–Crippen LogP) is 1.66. The van der Waals surface area contributed by atoms with E-state index >= 15 is 0 Å². The Labute approximate surface area is 106 Å². The molecule has 0 radical (unpaired) electrons. The van der Waals surface area contributed by atoms with Crippen molar-refractivity contribution in [3.63, 3.8) is 0 Å². The summed E-state index contributed by atoms with van der Waals surface area (Å²) >= 11 is 0. The van der Waals surface area contributed by atoms with E-state index in [2.05, 4.69) is 37.4 Å². The molecule has 2 heteroatoms. The molecule has 0 unspecified atom stereocenters. The van der Waals surface area contributed by atoms with Crippen LogP contribution in [0.3, 0.4) is 0 Å². The number of benzene rings is 1. The molecule has 1 saturated carbocycles. The Kier molecular flexibility index (Phi) is 5.12. The molecular weight excluding hydrogens is 205 g/mol. The van der Waals surface area contributed by atoms with Gasteiger partial charge in [-0.05, 0) is 37.4 Å². The molecule has 17 heavy (non-hydrogen) atoms. The minimum Gasteiger partial charge on any atom is -0.316 e. The summed E-state index contributed by atoms with van der Waals surface area (Å²) in [6, 6.07) is 8.88. The fourth-order valence-corrected chi connectivity index (χ4v) is 2.20. The van der Waals surface area contributed by atoms with Gasteiger partial charge >= 0.3 is 0 Å². The van der Waals surface area contributed by atoms with Crippen LogP contribution in [0.4, 0.5) is 0 Å². The van der Waals surface area contributed by atoms with Crippen molar-refractivity contribution in [1.82, 2.24) is 5.32 Å². The second kappa shape index (κ2) is 6.85. The van der Waals surface area contributed by atoms with Crippen LogP contribution >= 0.6 is 0 Å². The highest BCUT2D eigenvalue weighted by molar-refractivity contribution is 6.32. The number of hydrogen-bond donors (Lipinski definition) is 1. The summed E-state index contributed by atoms with van der Waals surface area (Å²) in [7, 11) is 2.14. The Bertz CT molecular complexity index is 316. The van der Waals surface area contributed by atoms with Gasteiger partial charge in [-0.25, -0.2) is 0 Å². The fourth-order valence-electron chi connectivity index (χ4n) is 2.20. The second-order valence-electron chi connectivity index (χ2n) is 5.42. The van der Waals surface area contributed by atoms with E-state index in [1.54, 1.807) is 0 Å². The van der Waals surface area contributed by atoms with Gasteiger partial charge in [-0.1, -0.05) is 55.4 Å². The lowest BCUT2D eigenvalue weighted by atomic mass is 9.95. The van der Waals surface area contributed by atoms with Crippen LogP contribution < -0.4 is 10.8 Å². The Hall–Kier alpha value is -0.755. The Morgan fingerprint density at radius 2 is 1.82 bits per heavy atom. The molecule has 0 atom stereocenters. The molecule has 1 aliphatic carbocycles. The number of rotatable bonds is 8. The summed E-state index contributed by atoms with van der Waals surface area (Å²) in [4.78, 5) is 0. The van der Waals surface area contributed by atoms with Crippen LogP contribution in [0.5, 0.6) is 0 Å². The first-order valence-electron chi connectivity index (χ1n) is 7.11. The van der Waals surface area contributed by atoms with E-state index in [-0.39, 0.29) is 0 Å². The van der Waals surface area contributed by atoms with Crippen molar-refractivity contribution in [2.24, 2.45) is 5.92 Å². The average molecular weight is 229 g/mol. The highest BCUT2D eigenvalue weighted by Crippen LogP contribution is 2.33. The van der Waals surface area contributed by atoms with Gasteiger partial charge in [-0.2, -0.15) is 0 Å². The monoisotopic (exact) mass is 229 g/mol. The second-order valence-corrected chi connectivity index (χ2v) is 5.42. The fraction of sp³-hybridized carbons (Fsp3) is 0.600. The maximum Gasteiger partial charge on any atom is 0.139 e. The van der Waals surface area contributed by atoms with Gasteiger partial charge in [0.2, 0.25) is 0 Å². The minimum atomic E-state index is 1.10. The molecule has 1 aliphatic rings. The molecule has 92 valence electrons. The van der Waals surface area contributed by atoms with Gasteiger partial charge in [0, 0.05) is 0 Å². The van der Waals surface area contributed by atoms with Crippen LogP contribution in [0.1, 0.15) is 37.7 Å². The van der Waals surface area contributed by atoms with Crippen molar-refractivity contribution in [2.45, 2.75) is 38.5 Å². The molecule has 1 aromatic rings. The van der Waals surface area contributed by atoms with E-state index in [9.17, 15) is 0 Å². The summed E-state index contributed by atoms with van der Waals surface area (Å²) in [5.41, 5.74) is 2.79. The summed E-state index contributed by atoms with van der Waals surface area (Å²) < 4.78 is 0. The number of unbranched alkanes of at least 4 members (excludes halogenated alkanes) is 1. The lowest BCUT2D eigenvalue weighted by molar-refractivity contribution is 0.580. The van der Waals surface area contributed by atoms with Crippen molar-refractivity contribution >= 4 is 13.3 Å². The van der Waals surface area contributed by atoms with Crippen molar-refractivity contribution in [3.8, 4) is 0 Å². The van der Waals surface area contributed by atoms with E-state index in [1.807, 2.05) is 0 Å². The van der Waals surface area contributed by atoms with Crippen LogP contribution in [-0.2, 0) is 6.42 Å². The topological polar surface area (TPSA) is 12.0 Å². The molecule has 0 aromatic heterocycles. The smallest absolute Gasteiger partial charge is 0.139 e. The van der Waals surface area contributed by atoms with Gasteiger partial charge in [0.05, 0.1) is 0 Å². The maximum absolute atomic E-state index is 3.54. The van der Waals surface area contributed by atoms with Crippen molar-refractivity contribution in [2.75, 3.05) is 13.1 Å². The first-order valence-corrected chi connectivity index (χ1v) is 7.11.